The van der Waals surface area contributed by atoms with Crippen LogP contribution in [-0.4, -0.2) is 40.4 Å². The molecule has 130 valence electrons. The van der Waals surface area contributed by atoms with Gasteiger partial charge in [0.15, 0.2) is 0 Å². The second-order valence-electron chi connectivity index (χ2n) is 7.52. The smallest absolute Gasteiger partial charge is 0.136 e. The number of rotatable bonds is 4. The first-order valence-electron chi connectivity index (χ1n) is 8.59. The molecule has 0 bridgehead atoms. The van der Waals surface area contributed by atoms with Crippen molar-refractivity contribution in [3.63, 3.8) is 0 Å². The molecule has 6 heteroatoms. The number of ether oxygens (including phenoxy) is 1. The summed E-state index contributed by atoms with van der Waals surface area (Å²) >= 11 is 0. The van der Waals surface area contributed by atoms with Crippen LogP contribution >= 0.6 is 0 Å². The molecular formula is C18H27N5O. The Kier molecular flexibility index (Phi) is 4.85. The van der Waals surface area contributed by atoms with E-state index in [4.69, 9.17) is 9.72 Å². The van der Waals surface area contributed by atoms with Crippen molar-refractivity contribution >= 4 is 5.82 Å². The van der Waals surface area contributed by atoms with Crippen molar-refractivity contribution < 1.29 is 4.74 Å². The molecule has 1 unspecified atom stereocenters. The van der Waals surface area contributed by atoms with E-state index in [-0.39, 0.29) is 5.41 Å². The highest BCUT2D eigenvalue weighted by Gasteiger charge is 2.26. The Morgan fingerprint density at radius 2 is 2.17 bits per heavy atom. The summed E-state index contributed by atoms with van der Waals surface area (Å²) in [5, 5.41) is 7.21. The first-order valence-corrected chi connectivity index (χ1v) is 8.59. The Morgan fingerprint density at radius 1 is 1.33 bits per heavy atom. The number of nitrogens with zero attached hydrogens (tertiary/aromatic N) is 4. The van der Waals surface area contributed by atoms with Crippen LogP contribution in [0.25, 0.3) is 0 Å². The molecule has 0 aliphatic carbocycles. The van der Waals surface area contributed by atoms with Gasteiger partial charge in [-0.25, -0.2) is 9.97 Å². The van der Waals surface area contributed by atoms with Crippen molar-refractivity contribution in [1.29, 1.82) is 0 Å². The maximum absolute atomic E-state index is 5.30. The Balaban J connectivity index is 1.88. The van der Waals surface area contributed by atoms with Crippen molar-refractivity contribution in [2.45, 2.75) is 51.6 Å². The molecule has 3 rings (SSSR count). The van der Waals surface area contributed by atoms with Crippen LogP contribution in [0.4, 0.5) is 5.82 Å². The number of piperidine rings is 1. The number of nitrogens with one attached hydrogen (secondary N) is 1. The first-order chi connectivity index (χ1) is 11.5. The predicted octanol–water partition coefficient (Wildman–Crippen LogP) is 3.03. The lowest BCUT2D eigenvalue weighted by atomic mass is 9.94. The second kappa shape index (κ2) is 6.89. The number of hydrogen-bond acceptors (Lipinski definition) is 5. The Hall–Kier alpha value is -1.95. The fourth-order valence-electron chi connectivity index (χ4n) is 3.14. The average molecular weight is 329 g/mol. The van der Waals surface area contributed by atoms with Crippen LogP contribution in [0.1, 0.15) is 56.7 Å². The third kappa shape index (κ3) is 3.75. The molecule has 0 spiro atoms. The van der Waals surface area contributed by atoms with E-state index in [0.29, 0.717) is 12.5 Å². The lowest BCUT2D eigenvalue weighted by molar-refractivity contribution is 0.181. The molecule has 1 aliphatic heterocycles. The van der Waals surface area contributed by atoms with Gasteiger partial charge in [-0.15, -0.1) is 0 Å². The van der Waals surface area contributed by atoms with Gasteiger partial charge in [-0.1, -0.05) is 20.8 Å². The molecule has 0 saturated carbocycles. The van der Waals surface area contributed by atoms with Gasteiger partial charge >= 0.3 is 0 Å². The summed E-state index contributed by atoms with van der Waals surface area (Å²) in [4.78, 5) is 11.9. The van der Waals surface area contributed by atoms with Gasteiger partial charge in [-0.05, 0) is 18.9 Å². The molecule has 24 heavy (non-hydrogen) atoms. The molecule has 1 fully saturated rings. The molecule has 1 atom stereocenters. The topological polar surface area (TPSA) is 66.9 Å². The summed E-state index contributed by atoms with van der Waals surface area (Å²) in [6, 6.07) is 4.14. The van der Waals surface area contributed by atoms with Gasteiger partial charge in [0.25, 0.3) is 0 Å². The molecule has 2 aromatic rings. The minimum absolute atomic E-state index is 0.0862. The van der Waals surface area contributed by atoms with Crippen molar-refractivity contribution in [3.8, 4) is 0 Å². The Morgan fingerprint density at radius 3 is 2.83 bits per heavy atom. The van der Waals surface area contributed by atoms with Crippen molar-refractivity contribution in [2.75, 3.05) is 25.1 Å². The highest BCUT2D eigenvalue weighted by Crippen LogP contribution is 2.29. The average Bonchev–Trinajstić information content (AvgIpc) is 3.09. The zero-order chi connectivity index (χ0) is 17.2. The number of H-pyrrole nitrogens is 1. The maximum atomic E-state index is 5.30. The van der Waals surface area contributed by atoms with Gasteiger partial charge in [0, 0.05) is 49.5 Å². The zero-order valence-electron chi connectivity index (χ0n) is 15.0. The van der Waals surface area contributed by atoms with E-state index in [0.717, 1.165) is 36.8 Å². The van der Waals surface area contributed by atoms with E-state index in [1.807, 2.05) is 6.20 Å². The number of hydrogen-bond donors (Lipinski definition) is 1. The molecular weight excluding hydrogens is 302 g/mol. The molecule has 2 aromatic heterocycles. The minimum Gasteiger partial charge on any atom is -0.378 e. The summed E-state index contributed by atoms with van der Waals surface area (Å²) in [6.07, 6.45) is 4.16. The molecule has 3 heterocycles. The predicted molar refractivity (Wildman–Crippen MR) is 94.2 cm³/mol. The standard InChI is InChI=1S/C18H27N5O/c1-18(2,3)17-20-14(12-24-4)10-16(21-17)23-9-5-6-13(11-23)15-7-8-19-22-15/h7-8,10,13H,5-6,9,11-12H2,1-4H3,(H,19,22). The quantitative estimate of drug-likeness (QED) is 0.934. The van der Waals surface area contributed by atoms with Crippen LogP contribution in [0.3, 0.4) is 0 Å². The number of methoxy groups -OCH3 is 1. The largest absolute Gasteiger partial charge is 0.378 e. The van der Waals surface area contributed by atoms with E-state index in [1.165, 1.54) is 12.1 Å². The van der Waals surface area contributed by atoms with Crippen molar-refractivity contribution in [1.82, 2.24) is 20.2 Å². The van der Waals surface area contributed by atoms with Crippen LogP contribution < -0.4 is 4.90 Å². The van der Waals surface area contributed by atoms with Crippen LogP contribution in [-0.2, 0) is 16.8 Å². The number of aromatic nitrogens is 4. The van der Waals surface area contributed by atoms with E-state index >= 15 is 0 Å². The van der Waals surface area contributed by atoms with Crippen molar-refractivity contribution in [2.24, 2.45) is 0 Å². The lowest BCUT2D eigenvalue weighted by Crippen LogP contribution is -2.36. The van der Waals surface area contributed by atoms with Crippen LogP contribution in [0.2, 0.25) is 0 Å². The van der Waals surface area contributed by atoms with Gasteiger partial charge in [0.1, 0.15) is 11.6 Å². The third-order valence-corrected chi connectivity index (χ3v) is 4.44. The molecule has 0 aromatic carbocycles. The summed E-state index contributed by atoms with van der Waals surface area (Å²) in [5.74, 6) is 2.35. The molecule has 0 radical (unpaired) electrons. The molecule has 1 aliphatic rings. The highest BCUT2D eigenvalue weighted by atomic mass is 16.5. The lowest BCUT2D eigenvalue weighted by Gasteiger charge is -2.34. The monoisotopic (exact) mass is 329 g/mol. The van der Waals surface area contributed by atoms with Crippen LogP contribution in [0, 0.1) is 0 Å². The van der Waals surface area contributed by atoms with Gasteiger partial charge < -0.3 is 9.64 Å². The van der Waals surface area contributed by atoms with Crippen LogP contribution in [0.15, 0.2) is 18.3 Å². The van der Waals surface area contributed by atoms with E-state index in [1.54, 1.807) is 7.11 Å². The molecule has 1 saturated heterocycles. The Bertz CT molecular complexity index is 663. The summed E-state index contributed by atoms with van der Waals surface area (Å²) in [7, 11) is 1.70. The summed E-state index contributed by atoms with van der Waals surface area (Å²) < 4.78 is 5.30. The summed E-state index contributed by atoms with van der Waals surface area (Å²) in [6.45, 7) is 8.92. The highest BCUT2D eigenvalue weighted by molar-refractivity contribution is 5.42. The molecule has 1 N–H and O–H groups in total. The fourth-order valence-corrected chi connectivity index (χ4v) is 3.14. The van der Waals surface area contributed by atoms with Gasteiger partial charge in [0.05, 0.1) is 12.3 Å². The second-order valence-corrected chi connectivity index (χ2v) is 7.52. The summed E-state index contributed by atoms with van der Waals surface area (Å²) in [5.41, 5.74) is 2.06. The first kappa shape index (κ1) is 16.9. The van der Waals surface area contributed by atoms with Gasteiger partial charge in [-0.3, -0.25) is 5.10 Å². The van der Waals surface area contributed by atoms with E-state index in [2.05, 4.69) is 53.0 Å². The normalized spacial score (nSPS) is 18.8. The number of anilines is 1. The minimum atomic E-state index is -0.0862. The van der Waals surface area contributed by atoms with Gasteiger partial charge in [0.2, 0.25) is 0 Å². The maximum Gasteiger partial charge on any atom is 0.136 e. The molecule has 6 nitrogen and oxygen atoms in total. The number of aromatic amines is 1. The fraction of sp³-hybridized carbons (Fsp3) is 0.611. The third-order valence-electron chi connectivity index (χ3n) is 4.44. The van der Waals surface area contributed by atoms with Crippen molar-refractivity contribution in [3.05, 3.63) is 35.5 Å². The van der Waals surface area contributed by atoms with Gasteiger partial charge in [-0.2, -0.15) is 5.10 Å². The van der Waals surface area contributed by atoms with E-state index < -0.39 is 0 Å². The van der Waals surface area contributed by atoms with E-state index in [9.17, 15) is 0 Å². The molecule has 0 amide bonds. The van der Waals surface area contributed by atoms with Crippen LogP contribution in [0.5, 0.6) is 0 Å². The Labute approximate surface area is 143 Å². The zero-order valence-corrected chi connectivity index (χ0v) is 15.0. The SMILES string of the molecule is COCc1cc(N2CCCC(c3ccn[nH]3)C2)nc(C(C)(C)C)n1.